The Morgan fingerprint density at radius 1 is 0.889 bits per heavy atom. The molecular formula is C19H21N2O5P. The van der Waals surface area contributed by atoms with E-state index in [4.69, 9.17) is 9.05 Å². The van der Waals surface area contributed by atoms with Crippen LogP contribution in [0.25, 0.3) is 0 Å². The lowest BCUT2D eigenvalue weighted by Crippen LogP contribution is -2.45. The molecule has 0 bridgehead atoms. The van der Waals surface area contributed by atoms with E-state index in [1.54, 1.807) is 62.4 Å². The number of nitrogens with zero attached hydrogens (tertiary/aromatic N) is 1. The zero-order chi connectivity index (χ0) is 19.5. The van der Waals surface area contributed by atoms with Gasteiger partial charge in [0.05, 0.1) is 13.2 Å². The van der Waals surface area contributed by atoms with Crippen molar-refractivity contribution >= 4 is 19.7 Å². The van der Waals surface area contributed by atoms with E-state index in [1.165, 1.54) is 0 Å². The SMILES string of the molecule is CCOP(=O)(OCC)N1C(=O)NC(c2ccccc2)(c2ccccc2)C1=O. The number of rotatable bonds is 7. The van der Waals surface area contributed by atoms with Crippen LogP contribution in [-0.2, 0) is 23.9 Å². The first-order valence-electron chi connectivity index (χ1n) is 8.67. The molecule has 2 aromatic carbocycles. The van der Waals surface area contributed by atoms with Gasteiger partial charge in [-0.15, -0.1) is 0 Å². The largest absolute Gasteiger partial charge is 0.445 e. The predicted molar refractivity (Wildman–Crippen MR) is 99.9 cm³/mol. The van der Waals surface area contributed by atoms with Gasteiger partial charge in [-0.2, -0.15) is 4.67 Å². The number of nitrogens with one attached hydrogen (secondary N) is 1. The van der Waals surface area contributed by atoms with Crippen LogP contribution in [0.4, 0.5) is 4.79 Å². The molecule has 142 valence electrons. The second-order valence-corrected chi connectivity index (χ2v) is 7.69. The van der Waals surface area contributed by atoms with Crippen LogP contribution in [0.1, 0.15) is 25.0 Å². The molecule has 0 radical (unpaired) electrons. The Morgan fingerprint density at radius 2 is 1.33 bits per heavy atom. The lowest BCUT2D eigenvalue weighted by atomic mass is 9.83. The Kier molecular flexibility index (Phi) is 5.46. The number of benzene rings is 2. The van der Waals surface area contributed by atoms with Crippen molar-refractivity contribution in [3.63, 3.8) is 0 Å². The van der Waals surface area contributed by atoms with E-state index in [0.717, 1.165) is 0 Å². The van der Waals surface area contributed by atoms with Crippen molar-refractivity contribution in [3.05, 3.63) is 71.8 Å². The summed E-state index contributed by atoms with van der Waals surface area (Å²) >= 11 is 0. The number of imide groups is 1. The molecule has 0 saturated carbocycles. The summed E-state index contributed by atoms with van der Waals surface area (Å²) in [6.07, 6.45) is 0. The Morgan fingerprint density at radius 3 is 1.74 bits per heavy atom. The van der Waals surface area contributed by atoms with Crippen molar-refractivity contribution in [1.29, 1.82) is 0 Å². The molecule has 1 N–H and O–H groups in total. The molecule has 0 spiro atoms. The summed E-state index contributed by atoms with van der Waals surface area (Å²) in [5.74, 6) is -0.699. The number of carbonyl (C=O) groups excluding carboxylic acids is 2. The molecule has 7 nitrogen and oxygen atoms in total. The number of carbonyl (C=O) groups is 2. The monoisotopic (exact) mass is 388 g/mol. The number of hydrogen-bond acceptors (Lipinski definition) is 5. The molecule has 0 aliphatic carbocycles. The van der Waals surface area contributed by atoms with Crippen molar-refractivity contribution in [1.82, 2.24) is 9.99 Å². The molecule has 1 fully saturated rings. The summed E-state index contributed by atoms with van der Waals surface area (Å²) in [5.41, 5.74) is -0.406. The minimum atomic E-state index is -4.13. The average molecular weight is 388 g/mol. The van der Waals surface area contributed by atoms with Crippen LogP contribution in [0.2, 0.25) is 0 Å². The molecule has 1 heterocycles. The molecule has 0 atom stereocenters. The minimum Gasteiger partial charge on any atom is -0.315 e. The second-order valence-electron chi connectivity index (χ2n) is 5.83. The smallest absolute Gasteiger partial charge is 0.315 e. The summed E-state index contributed by atoms with van der Waals surface area (Å²) in [6.45, 7) is 3.29. The molecule has 1 aliphatic heterocycles. The molecule has 3 amide bonds. The normalized spacial score (nSPS) is 16.4. The van der Waals surface area contributed by atoms with Gasteiger partial charge in [0.15, 0.2) is 5.54 Å². The fraction of sp³-hybridized carbons (Fsp3) is 0.263. The van der Waals surface area contributed by atoms with Crippen LogP contribution >= 0.6 is 7.75 Å². The molecule has 0 unspecified atom stereocenters. The first kappa shape index (κ1) is 19.3. The standard InChI is InChI=1S/C19H21N2O5P/c1-3-25-27(24,26-4-2)21-17(22)19(20-18(21)23,15-11-7-5-8-12-15)16-13-9-6-10-14-16/h5-14H,3-4H2,1-2H3,(H,20,23). The molecule has 2 aromatic rings. The summed E-state index contributed by atoms with van der Waals surface area (Å²) in [5, 5.41) is 2.73. The highest BCUT2D eigenvalue weighted by Gasteiger charge is 2.60. The number of amides is 3. The zero-order valence-corrected chi connectivity index (χ0v) is 16.0. The van der Waals surface area contributed by atoms with Gasteiger partial charge in [0.1, 0.15) is 0 Å². The summed E-state index contributed by atoms with van der Waals surface area (Å²) in [6, 6.07) is 16.8. The fourth-order valence-electron chi connectivity index (χ4n) is 3.15. The Hall–Kier alpha value is -2.47. The van der Waals surface area contributed by atoms with E-state index < -0.39 is 25.2 Å². The maximum atomic E-state index is 13.5. The lowest BCUT2D eigenvalue weighted by Gasteiger charge is -2.29. The van der Waals surface area contributed by atoms with Crippen molar-refractivity contribution in [3.8, 4) is 0 Å². The van der Waals surface area contributed by atoms with Crippen molar-refractivity contribution < 1.29 is 23.2 Å². The Labute approximate surface area is 157 Å². The van der Waals surface area contributed by atoms with E-state index >= 15 is 0 Å². The second kappa shape index (κ2) is 7.64. The van der Waals surface area contributed by atoms with E-state index in [2.05, 4.69) is 5.32 Å². The van der Waals surface area contributed by atoms with Crippen LogP contribution in [0.15, 0.2) is 60.7 Å². The third kappa shape index (κ3) is 3.18. The highest BCUT2D eigenvalue weighted by Crippen LogP contribution is 2.56. The zero-order valence-electron chi connectivity index (χ0n) is 15.1. The summed E-state index contributed by atoms with van der Waals surface area (Å²) in [7, 11) is -4.13. The summed E-state index contributed by atoms with van der Waals surface area (Å²) in [4.78, 5) is 26.4. The third-order valence-electron chi connectivity index (χ3n) is 4.24. The fourth-order valence-corrected chi connectivity index (χ4v) is 4.76. The van der Waals surface area contributed by atoms with Gasteiger partial charge < -0.3 is 5.32 Å². The van der Waals surface area contributed by atoms with Crippen LogP contribution in [-0.4, -0.2) is 29.8 Å². The van der Waals surface area contributed by atoms with E-state index in [9.17, 15) is 14.2 Å². The predicted octanol–water partition coefficient (Wildman–Crippen LogP) is 3.66. The quantitative estimate of drug-likeness (QED) is 0.578. The first-order valence-corrected chi connectivity index (χ1v) is 10.2. The van der Waals surface area contributed by atoms with Gasteiger partial charge in [0.2, 0.25) is 0 Å². The van der Waals surface area contributed by atoms with Gasteiger partial charge in [0, 0.05) is 0 Å². The minimum absolute atomic E-state index is 0.0258. The topological polar surface area (TPSA) is 84.9 Å². The van der Waals surface area contributed by atoms with E-state index in [-0.39, 0.29) is 13.2 Å². The van der Waals surface area contributed by atoms with Crippen LogP contribution in [0.5, 0.6) is 0 Å². The van der Waals surface area contributed by atoms with Crippen molar-refractivity contribution in [2.24, 2.45) is 0 Å². The Balaban J connectivity index is 2.19. The van der Waals surface area contributed by atoms with Gasteiger partial charge >= 0.3 is 13.8 Å². The van der Waals surface area contributed by atoms with Crippen LogP contribution < -0.4 is 5.32 Å². The number of hydrogen-bond donors (Lipinski definition) is 1. The van der Waals surface area contributed by atoms with Gasteiger partial charge in [-0.05, 0) is 25.0 Å². The molecule has 8 heteroatoms. The van der Waals surface area contributed by atoms with Gasteiger partial charge in [0.25, 0.3) is 5.91 Å². The van der Waals surface area contributed by atoms with Gasteiger partial charge in [-0.3, -0.25) is 13.8 Å². The molecule has 1 aliphatic rings. The molecule has 0 aromatic heterocycles. The van der Waals surface area contributed by atoms with Gasteiger partial charge in [-0.1, -0.05) is 60.7 Å². The van der Waals surface area contributed by atoms with Crippen molar-refractivity contribution in [2.45, 2.75) is 19.4 Å². The maximum absolute atomic E-state index is 13.5. The maximum Gasteiger partial charge on any atom is 0.445 e. The number of urea groups is 1. The molecular weight excluding hydrogens is 367 g/mol. The van der Waals surface area contributed by atoms with Crippen LogP contribution in [0.3, 0.4) is 0 Å². The highest BCUT2D eigenvalue weighted by molar-refractivity contribution is 7.53. The lowest BCUT2D eigenvalue weighted by molar-refractivity contribution is -0.127. The highest BCUT2D eigenvalue weighted by atomic mass is 31.2. The first-order chi connectivity index (χ1) is 13.0. The van der Waals surface area contributed by atoms with Gasteiger partial charge in [-0.25, -0.2) is 9.36 Å². The molecule has 1 saturated heterocycles. The van der Waals surface area contributed by atoms with E-state index in [0.29, 0.717) is 15.8 Å². The molecule has 3 rings (SSSR count). The average Bonchev–Trinajstić information content (AvgIpc) is 2.95. The van der Waals surface area contributed by atoms with E-state index in [1.807, 2.05) is 12.1 Å². The summed E-state index contributed by atoms with van der Waals surface area (Å²) < 4.78 is 24.3. The Bertz CT molecular complexity index is 823. The van der Waals surface area contributed by atoms with Crippen LogP contribution in [0, 0.1) is 0 Å². The molecule has 27 heavy (non-hydrogen) atoms. The third-order valence-corrected chi connectivity index (χ3v) is 6.27. The van der Waals surface area contributed by atoms with Crippen molar-refractivity contribution in [2.75, 3.05) is 13.2 Å².